The molecule has 0 saturated carbocycles. The van der Waals surface area contributed by atoms with E-state index < -0.39 is 8.07 Å². The van der Waals surface area contributed by atoms with E-state index in [9.17, 15) is 0 Å². The second-order valence-corrected chi connectivity index (χ2v) is 10.1. The Morgan fingerprint density at radius 2 is 1.67 bits per heavy atom. The van der Waals surface area contributed by atoms with Crippen LogP contribution in [0.5, 0.6) is 0 Å². The Morgan fingerprint density at radius 1 is 1.07 bits per heavy atom. The molecule has 0 heterocycles. The summed E-state index contributed by atoms with van der Waals surface area (Å²) < 4.78 is 0. The van der Waals surface area contributed by atoms with Gasteiger partial charge in [-0.3, -0.25) is 0 Å². The first-order chi connectivity index (χ1) is 6.50. The van der Waals surface area contributed by atoms with Crippen LogP contribution < -0.4 is 5.19 Å². The zero-order valence-electron chi connectivity index (χ0n) is 9.89. The van der Waals surface area contributed by atoms with E-state index in [0.717, 1.165) is 0 Å². The van der Waals surface area contributed by atoms with Crippen LogP contribution in [-0.4, -0.2) is 8.07 Å². The molecule has 0 aliphatic heterocycles. The predicted molar refractivity (Wildman–Crippen MR) is 67.3 cm³/mol. The third kappa shape index (κ3) is 2.30. The van der Waals surface area contributed by atoms with Crippen LogP contribution in [0, 0.1) is 6.92 Å². The van der Waals surface area contributed by atoms with E-state index in [1.54, 1.807) is 5.19 Å². The normalized spacial score (nSPS) is 11.5. The van der Waals surface area contributed by atoms with Gasteiger partial charge in [0.2, 0.25) is 0 Å². The zero-order chi connectivity index (χ0) is 10.3. The first kappa shape index (κ1) is 12.8. The van der Waals surface area contributed by atoms with E-state index in [2.05, 4.69) is 56.9 Å². The third-order valence-electron chi connectivity index (χ3n) is 2.81. The van der Waals surface area contributed by atoms with Gasteiger partial charge < -0.3 is 0 Å². The topological polar surface area (TPSA) is 0 Å². The molecule has 0 radical (unpaired) electrons. The summed E-state index contributed by atoms with van der Waals surface area (Å²) >= 11 is 0. The van der Waals surface area contributed by atoms with Gasteiger partial charge >= 0.3 is 0 Å². The van der Waals surface area contributed by atoms with E-state index in [4.69, 9.17) is 0 Å². The number of hydrogen-bond donors (Lipinski definition) is 0. The minimum absolute atomic E-state index is 0. The molecular weight excluding hydrogens is 232 g/mol. The van der Waals surface area contributed by atoms with Crippen LogP contribution in [0.1, 0.15) is 5.56 Å². The van der Waals surface area contributed by atoms with Crippen molar-refractivity contribution in [3.05, 3.63) is 35.9 Å². The quantitative estimate of drug-likeness (QED) is 0.536. The maximum Gasteiger partial charge on any atom is 0.0289 e. The van der Waals surface area contributed by atoms with Crippen molar-refractivity contribution >= 4 is 24.0 Å². The van der Waals surface area contributed by atoms with Crippen molar-refractivity contribution in [3.63, 3.8) is 0 Å². The van der Waals surface area contributed by atoms with Gasteiger partial charge in [-0.2, -0.15) is 5.56 Å². The first-order valence-corrected chi connectivity index (χ1v) is 8.65. The molecule has 0 saturated heterocycles. The molecule has 78 valence electrons. The van der Waals surface area contributed by atoms with E-state index >= 15 is 0 Å². The van der Waals surface area contributed by atoms with Gasteiger partial charge in [0.25, 0.3) is 0 Å². The van der Waals surface area contributed by atoms with Crippen LogP contribution in [0.4, 0.5) is 0 Å². The Labute approximate surface area is 108 Å². The molecule has 0 aliphatic carbocycles. The molecule has 0 atom stereocenters. The van der Waals surface area contributed by atoms with E-state index in [1.807, 2.05) is 0 Å². The van der Waals surface area contributed by atoms with Crippen LogP contribution in [0.15, 0.2) is 30.3 Å². The molecule has 0 amide bonds. The summed E-state index contributed by atoms with van der Waals surface area (Å²) in [4.78, 5) is 0. The number of aryl methyl sites for hydroxylation is 1. The third-order valence-corrected chi connectivity index (χ3v) is 4.84. The van der Waals surface area contributed by atoms with Gasteiger partial charge in [-0.05, 0) is 0 Å². The van der Waals surface area contributed by atoms with Gasteiger partial charge in [0.1, 0.15) is 0 Å². The van der Waals surface area contributed by atoms with Gasteiger partial charge in [0.05, 0.1) is 0 Å². The number of rotatable bonds is 1. The Kier molecular flexibility index (Phi) is 3.70. The molecular formula is C13H17SiTi-. The van der Waals surface area contributed by atoms with Crippen molar-refractivity contribution in [1.82, 2.24) is 0 Å². The fourth-order valence-electron chi connectivity index (χ4n) is 2.05. The summed E-state index contributed by atoms with van der Waals surface area (Å²) in [6.45, 7) is 9.45. The Bertz CT molecular complexity index is 463. The molecule has 0 aliphatic rings. The molecule has 2 rings (SSSR count). The molecule has 2 heteroatoms. The van der Waals surface area contributed by atoms with Gasteiger partial charge in [0, 0.05) is 29.8 Å². The fourth-order valence-corrected chi connectivity index (χ4v) is 3.73. The maximum absolute atomic E-state index is 2.41. The average molecular weight is 249 g/mol. The smallest absolute Gasteiger partial charge is 0.0289 e. The van der Waals surface area contributed by atoms with Crippen LogP contribution >= 0.6 is 0 Å². The fraction of sp³-hybridized carbons (Fsp3) is 0.308. The van der Waals surface area contributed by atoms with Gasteiger partial charge in [0.15, 0.2) is 0 Å². The van der Waals surface area contributed by atoms with Crippen molar-refractivity contribution in [1.29, 1.82) is 0 Å². The van der Waals surface area contributed by atoms with Crippen LogP contribution in [0.3, 0.4) is 0 Å². The Hall–Kier alpha value is -0.239. The Balaban J connectivity index is 0.00000112. The predicted octanol–water partition coefficient (Wildman–Crippen LogP) is 3.41. The van der Waals surface area contributed by atoms with Crippen LogP contribution in [0.2, 0.25) is 19.6 Å². The molecule has 0 fully saturated rings. The number of hydrogen-bond acceptors (Lipinski definition) is 0. The van der Waals surface area contributed by atoms with Crippen molar-refractivity contribution in [2.24, 2.45) is 0 Å². The SMILES string of the molecule is Cc1c[c-]([Si](C)(C)C)c2ccccc12.[Ti]. The summed E-state index contributed by atoms with van der Waals surface area (Å²) in [6, 6.07) is 11.1. The number of fused-ring (bicyclic) bond motifs is 1. The second kappa shape index (κ2) is 4.33. The molecule has 0 N–H and O–H groups in total. The average Bonchev–Trinajstić information content (AvgIpc) is 2.44. The molecule has 2 aromatic rings. The van der Waals surface area contributed by atoms with Gasteiger partial charge in [-0.15, -0.1) is 40.2 Å². The standard InChI is InChI=1S/C13H17Si.Ti/c1-10-9-13(14(2,3)4)12-8-6-5-7-11(10)12;/h5-9H,1-4H3;/q-1;. The largest absolute Gasteiger partial charge is 0.156 e. The Morgan fingerprint density at radius 3 is 2.27 bits per heavy atom. The van der Waals surface area contributed by atoms with Gasteiger partial charge in [-0.25, -0.2) is 0 Å². The maximum atomic E-state index is 2.41. The molecule has 0 unspecified atom stereocenters. The summed E-state index contributed by atoms with van der Waals surface area (Å²) in [6.07, 6.45) is 0. The second-order valence-electron chi connectivity index (χ2n) is 5.04. The molecule has 0 bridgehead atoms. The first-order valence-electron chi connectivity index (χ1n) is 5.15. The van der Waals surface area contributed by atoms with Gasteiger partial charge in [-0.1, -0.05) is 32.6 Å². The van der Waals surface area contributed by atoms with Crippen LogP contribution in [0.25, 0.3) is 10.8 Å². The van der Waals surface area contributed by atoms with Crippen molar-refractivity contribution in [3.8, 4) is 0 Å². The van der Waals surface area contributed by atoms with Crippen molar-refractivity contribution in [2.75, 3.05) is 0 Å². The number of benzene rings is 1. The molecule has 0 nitrogen and oxygen atoms in total. The minimum atomic E-state index is -1.18. The monoisotopic (exact) mass is 249 g/mol. The minimum Gasteiger partial charge on any atom is -0.156 e. The molecule has 15 heavy (non-hydrogen) atoms. The van der Waals surface area contributed by atoms with E-state index in [1.165, 1.54) is 16.3 Å². The van der Waals surface area contributed by atoms with E-state index in [-0.39, 0.29) is 21.7 Å². The summed E-state index contributed by atoms with van der Waals surface area (Å²) in [7, 11) is -1.18. The summed E-state index contributed by atoms with van der Waals surface area (Å²) in [5, 5.41) is 4.51. The van der Waals surface area contributed by atoms with Crippen LogP contribution in [-0.2, 0) is 21.7 Å². The van der Waals surface area contributed by atoms with E-state index in [0.29, 0.717) is 0 Å². The summed E-state index contributed by atoms with van der Waals surface area (Å²) in [5.41, 5.74) is 1.43. The van der Waals surface area contributed by atoms with Crippen molar-refractivity contribution < 1.29 is 21.7 Å². The molecule has 0 aromatic heterocycles. The molecule has 0 spiro atoms. The zero-order valence-corrected chi connectivity index (χ0v) is 12.4. The molecule has 2 aromatic carbocycles. The summed E-state index contributed by atoms with van der Waals surface area (Å²) in [5.74, 6) is 0. The van der Waals surface area contributed by atoms with Crippen molar-refractivity contribution in [2.45, 2.75) is 26.6 Å².